The van der Waals surface area contributed by atoms with Gasteiger partial charge in [-0.05, 0) is 30.0 Å². The van der Waals surface area contributed by atoms with Gasteiger partial charge < -0.3 is 0 Å². The van der Waals surface area contributed by atoms with E-state index in [0.29, 0.717) is 0 Å². The van der Waals surface area contributed by atoms with Crippen LogP contribution in [0.5, 0.6) is 0 Å². The molecule has 34 heavy (non-hydrogen) atoms. The van der Waals surface area contributed by atoms with Crippen LogP contribution < -0.4 is 0 Å². The number of hydrogen-bond donors (Lipinski definition) is 0. The molecule has 1 heterocycles. The first-order valence-electron chi connectivity index (χ1n) is 11.9. The van der Waals surface area contributed by atoms with Crippen molar-refractivity contribution in [1.82, 2.24) is 15.0 Å². The van der Waals surface area contributed by atoms with E-state index in [0.717, 1.165) is 35.0 Å². The molecule has 0 radical (unpaired) electrons. The van der Waals surface area contributed by atoms with E-state index in [9.17, 15) is 0 Å². The highest BCUT2D eigenvalue weighted by atomic mass is 15.0. The van der Waals surface area contributed by atoms with E-state index in [-0.39, 0.29) is 11.3 Å². The second-order valence-corrected chi connectivity index (χ2v) is 9.81. The predicted octanol–water partition coefficient (Wildman–Crippen LogP) is 7.30. The molecule has 1 aromatic heterocycles. The summed E-state index contributed by atoms with van der Waals surface area (Å²) < 4.78 is 0. The second kappa shape index (κ2) is 7.88. The van der Waals surface area contributed by atoms with Crippen LogP contribution in [0, 0.1) is 6.92 Å². The van der Waals surface area contributed by atoms with Crippen molar-refractivity contribution >= 4 is 5.57 Å². The molecule has 3 heteroatoms. The zero-order valence-corrected chi connectivity index (χ0v) is 19.8. The van der Waals surface area contributed by atoms with Crippen molar-refractivity contribution in [3.63, 3.8) is 0 Å². The number of aromatic nitrogens is 3. The molecule has 166 valence electrons. The Morgan fingerprint density at radius 3 is 2.00 bits per heavy atom. The number of fused-ring (bicyclic) bond motifs is 2. The van der Waals surface area contributed by atoms with E-state index < -0.39 is 0 Å². The van der Waals surface area contributed by atoms with E-state index in [2.05, 4.69) is 75.4 Å². The van der Waals surface area contributed by atoms with E-state index in [1.165, 1.54) is 27.8 Å². The fourth-order valence-corrected chi connectivity index (χ4v) is 5.30. The van der Waals surface area contributed by atoms with Gasteiger partial charge in [-0.3, -0.25) is 0 Å². The van der Waals surface area contributed by atoms with Gasteiger partial charge >= 0.3 is 0 Å². The molecule has 0 saturated carbocycles. The molecule has 0 N–H and O–H groups in total. The van der Waals surface area contributed by atoms with Crippen LogP contribution >= 0.6 is 0 Å². The molecule has 0 spiro atoms. The van der Waals surface area contributed by atoms with Gasteiger partial charge in [-0.25, -0.2) is 15.0 Å². The Morgan fingerprint density at radius 1 is 0.765 bits per heavy atom. The molecule has 4 aromatic rings. The average molecular weight is 442 g/mol. The third-order valence-electron chi connectivity index (χ3n) is 7.19. The maximum Gasteiger partial charge on any atom is 0.163 e. The van der Waals surface area contributed by atoms with E-state index in [1.54, 1.807) is 0 Å². The second-order valence-electron chi connectivity index (χ2n) is 9.81. The van der Waals surface area contributed by atoms with Gasteiger partial charge in [0.2, 0.25) is 0 Å². The summed E-state index contributed by atoms with van der Waals surface area (Å²) in [6.45, 7) is 6.87. The highest BCUT2D eigenvalue weighted by Crippen LogP contribution is 2.52. The van der Waals surface area contributed by atoms with Crippen LogP contribution in [0.25, 0.3) is 28.3 Å². The van der Waals surface area contributed by atoms with Gasteiger partial charge in [0.1, 0.15) is 5.82 Å². The van der Waals surface area contributed by atoms with Crippen molar-refractivity contribution in [3.05, 3.63) is 119 Å². The van der Waals surface area contributed by atoms with Crippen molar-refractivity contribution < 1.29 is 0 Å². The topological polar surface area (TPSA) is 38.7 Å². The Kier molecular flexibility index (Phi) is 4.80. The molecule has 1 unspecified atom stereocenters. The molecule has 0 saturated heterocycles. The lowest BCUT2D eigenvalue weighted by atomic mass is 9.76. The monoisotopic (exact) mass is 441 g/mol. The van der Waals surface area contributed by atoms with Gasteiger partial charge in [-0.1, -0.05) is 116 Å². The quantitative estimate of drug-likeness (QED) is 0.335. The minimum Gasteiger partial charge on any atom is -0.212 e. The van der Waals surface area contributed by atoms with Crippen LogP contribution in [0.4, 0.5) is 0 Å². The molecule has 1 atom stereocenters. The summed E-state index contributed by atoms with van der Waals surface area (Å²) in [5, 5.41) is 0. The van der Waals surface area contributed by atoms with Crippen LogP contribution in [-0.2, 0) is 5.41 Å². The van der Waals surface area contributed by atoms with Crippen LogP contribution in [0.15, 0.2) is 96.6 Å². The largest absolute Gasteiger partial charge is 0.212 e. The van der Waals surface area contributed by atoms with Crippen molar-refractivity contribution in [2.24, 2.45) is 0 Å². The van der Waals surface area contributed by atoms with Gasteiger partial charge in [0.15, 0.2) is 11.6 Å². The molecule has 3 aromatic carbocycles. The molecule has 0 amide bonds. The normalized spacial score (nSPS) is 18.0. The molecule has 0 bridgehead atoms. The molecule has 3 nitrogen and oxygen atoms in total. The Balaban J connectivity index is 1.44. The minimum atomic E-state index is -0.00273. The highest BCUT2D eigenvalue weighted by Gasteiger charge is 2.39. The number of allylic oxidation sites excluding steroid dienone is 4. The van der Waals surface area contributed by atoms with Gasteiger partial charge in [0.05, 0.1) is 0 Å². The Bertz CT molecular complexity index is 1390. The van der Waals surface area contributed by atoms with E-state index in [4.69, 9.17) is 15.0 Å². The lowest BCUT2D eigenvalue weighted by molar-refractivity contribution is 0.582. The van der Waals surface area contributed by atoms with Crippen molar-refractivity contribution in [2.75, 3.05) is 0 Å². The SMILES string of the molecule is Cc1ccc2c(c1)C(C)(C)C1=C2C=CC(c2nc(-c3ccccc3)nc(-c3ccccc3)n2)C1. The fourth-order valence-electron chi connectivity index (χ4n) is 5.30. The number of hydrogen-bond acceptors (Lipinski definition) is 3. The summed E-state index contributed by atoms with van der Waals surface area (Å²) in [6, 6.07) is 27.2. The van der Waals surface area contributed by atoms with E-state index >= 15 is 0 Å². The third kappa shape index (κ3) is 3.40. The Labute approximate surface area is 201 Å². The van der Waals surface area contributed by atoms with Gasteiger partial charge in [-0.2, -0.15) is 0 Å². The highest BCUT2D eigenvalue weighted by molar-refractivity contribution is 5.87. The smallest absolute Gasteiger partial charge is 0.163 e. The molecule has 0 fully saturated rings. The Morgan fingerprint density at radius 2 is 1.38 bits per heavy atom. The first-order valence-corrected chi connectivity index (χ1v) is 11.9. The average Bonchev–Trinajstić information content (AvgIpc) is 3.10. The van der Waals surface area contributed by atoms with Gasteiger partial charge in [0.25, 0.3) is 0 Å². The van der Waals surface area contributed by atoms with Crippen LogP contribution in [0.1, 0.15) is 48.7 Å². The Hall–Kier alpha value is -3.85. The summed E-state index contributed by atoms with van der Waals surface area (Å²) in [6.07, 6.45) is 5.49. The first-order chi connectivity index (χ1) is 16.5. The predicted molar refractivity (Wildman–Crippen MR) is 138 cm³/mol. The van der Waals surface area contributed by atoms with Crippen LogP contribution in [-0.4, -0.2) is 15.0 Å². The van der Waals surface area contributed by atoms with Gasteiger partial charge in [-0.15, -0.1) is 0 Å². The first kappa shape index (κ1) is 20.7. The summed E-state index contributed by atoms with van der Waals surface area (Å²) >= 11 is 0. The number of aryl methyl sites for hydroxylation is 1. The van der Waals surface area contributed by atoms with Crippen LogP contribution in [0.3, 0.4) is 0 Å². The number of benzene rings is 3. The molecule has 0 aliphatic heterocycles. The molecule has 6 rings (SSSR count). The summed E-state index contributed by atoms with van der Waals surface area (Å²) in [5.74, 6) is 2.39. The lowest BCUT2D eigenvalue weighted by Crippen LogP contribution is -2.20. The minimum absolute atomic E-state index is 0.00273. The van der Waals surface area contributed by atoms with Crippen molar-refractivity contribution in [1.29, 1.82) is 0 Å². The molecular formula is C31H27N3. The summed E-state index contributed by atoms with van der Waals surface area (Å²) in [5.41, 5.74) is 8.96. The lowest BCUT2D eigenvalue weighted by Gasteiger charge is -2.28. The van der Waals surface area contributed by atoms with E-state index in [1.807, 2.05) is 36.4 Å². The van der Waals surface area contributed by atoms with Crippen LogP contribution in [0.2, 0.25) is 0 Å². The molecular weight excluding hydrogens is 414 g/mol. The zero-order chi connectivity index (χ0) is 23.3. The zero-order valence-electron chi connectivity index (χ0n) is 19.8. The fraction of sp³-hybridized carbons (Fsp3) is 0.194. The maximum absolute atomic E-state index is 4.98. The summed E-state index contributed by atoms with van der Waals surface area (Å²) in [4.78, 5) is 14.8. The van der Waals surface area contributed by atoms with Crippen molar-refractivity contribution in [3.8, 4) is 22.8 Å². The number of rotatable bonds is 3. The van der Waals surface area contributed by atoms with Crippen molar-refractivity contribution in [2.45, 2.75) is 38.5 Å². The molecule has 2 aliphatic rings. The molecule has 2 aliphatic carbocycles. The number of nitrogens with zero attached hydrogens (tertiary/aromatic N) is 3. The maximum atomic E-state index is 4.98. The standard InChI is InChI=1S/C31H27N3/c1-20-14-16-24-25-17-15-23(19-27(25)31(2,3)26(24)18-20)30-33-28(21-10-6-4-7-11-21)32-29(34-30)22-12-8-5-9-13-22/h4-18,23H,19H2,1-3H3. The van der Waals surface area contributed by atoms with Gasteiger partial charge in [0, 0.05) is 22.5 Å². The summed E-state index contributed by atoms with van der Waals surface area (Å²) in [7, 11) is 0. The third-order valence-corrected chi connectivity index (χ3v) is 7.19.